The lowest BCUT2D eigenvalue weighted by molar-refractivity contribution is -0.140. The minimum Gasteiger partial charge on any atom is -0.355 e. The molecule has 38 heavy (non-hydrogen) atoms. The quantitative estimate of drug-likeness (QED) is 0.378. The van der Waals surface area contributed by atoms with Crippen molar-refractivity contribution in [3.8, 4) is 0 Å². The molecule has 0 saturated carbocycles. The first-order valence-electron chi connectivity index (χ1n) is 12.9. The largest absolute Gasteiger partial charge is 0.355 e. The third kappa shape index (κ3) is 7.44. The molecule has 8 heteroatoms. The summed E-state index contributed by atoms with van der Waals surface area (Å²) >= 11 is 0. The number of carbonyl (C=O) groups excluding carboxylic acids is 2. The van der Waals surface area contributed by atoms with Crippen LogP contribution in [0.5, 0.6) is 0 Å². The molecule has 0 fully saturated rings. The molecule has 0 aromatic heterocycles. The van der Waals surface area contributed by atoms with E-state index < -0.39 is 28.5 Å². The van der Waals surface area contributed by atoms with E-state index >= 15 is 0 Å². The van der Waals surface area contributed by atoms with Crippen molar-refractivity contribution in [2.75, 3.05) is 23.7 Å². The van der Waals surface area contributed by atoms with Crippen LogP contribution in [0, 0.1) is 6.92 Å². The number of rotatable bonds is 12. The lowest BCUT2D eigenvalue weighted by atomic mass is 10.0. The molecule has 3 rings (SSSR count). The highest BCUT2D eigenvalue weighted by Gasteiger charge is 2.33. The minimum atomic E-state index is -3.79. The van der Waals surface area contributed by atoms with E-state index in [1.165, 1.54) is 4.90 Å². The molecule has 0 saturated heterocycles. The Balaban J connectivity index is 2.07. The zero-order chi connectivity index (χ0) is 27.7. The van der Waals surface area contributed by atoms with E-state index in [2.05, 4.69) is 5.32 Å². The van der Waals surface area contributed by atoms with Crippen LogP contribution in [0.4, 0.5) is 5.69 Å². The molecule has 0 heterocycles. The number of nitrogens with zero attached hydrogens (tertiary/aromatic N) is 2. The van der Waals surface area contributed by atoms with Crippen molar-refractivity contribution >= 4 is 27.5 Å². The predicted molar refractivity (Wildman–Crippen MR) is 152 cm³/mol. The fourth-order valence-corrected chi connectivity index (χ4v) is 5.35. The number of nitrogens with one attached hydrogen (secondary N) is 1. The van der Waals surface area contributed by atoms with Gasteiger partial charge >= 0.3 is 0 Å². The number of hydrogen-bond donors (Lipinski definition) is 1. The topological polar surface area (TPSA) is 86.8 Å². The van der Waals surface area contributed by atoms with Crippen molar-refractivity contribution in [3.05, 3.63) is 101 Å². The summed E-state index contributed by atoms with van der Waals surface area (Å²) in [6, 6.07) is 23.6. The van der Waals surface area contributed by atoms with Gasteiger partial charge in [0.15, 0.2) is 0 Å². The van der Waals surface area contributed by atoms with Crippen LogP contribution in [0.1, 0.15) is 36.1 Å². The Morgan fingerprint density at radius 2 is 1.47 bits per heavy atom. The lowest BCUT2D eigenvalue weighted by Crippen LogP contribution is -2.53. The van der Waals surface area contributed by atoms with E-state index in [0.29, 0.717) is 25.1 Å². The van der Waals surface area contributed by atoms with Gasteiger partial charge in [-0.1, -0.05) is 79.7 Å². The van der Waals surface area contributed by atoms with Gasteiger partial charge in [0.25, 0.3) is 0 Å². The summed E-state index contributed by atoms with van der Waals surface area (Å²) in [5.41, 5.74) is 4.07. The van der Waals surface area contributed by atoms with Gasteiger partial charge in [0.2, 0.25) is 21.8 Å². The van der Waals surface area contributed by atoms with Crippen molar-refractivity contribution in [1.29, 1.82) is 0 Å². The molecule has 0 aliphatic rings. The Kier molecular flexibility index (Phi) is 10.1. The summed E-state index contributed by atoms with van der Waals surface area (Å²) in [6.45, 7) is 5.90. The van der Waals surface area contributed by atoms with E-state index in [4.69, 9.17) is 0 Å². The van der Waals surface area contributed by atoms with E-state index in [0.717, 1.165) is 32.8 Å². The fraction of sp³-hybridized carbons (Fsp3) is 0.333. The molecule has 0 aliphatic heterocycles. The number of sulfonamides is 1. The van der Waals surface area contributed by atoms with Crippen molar-refractivity contribution in [2.24, 2.45) is 0 Å². The van der Waals surface area contributed by atoms with Crippen LogP contribution in [0.2, 0.25) is 0 Å². The summed E-state index contributed by atoms with van der Waals surface area (Å²) < 4.78 is 27.0. The van der Waals surface area contributed by atoms with Crippen molar-refractivity contribution in [3.63, 3.8) is 0 Å². The van der Waals surface area contributed by atoms with Gasteiger partial charge in [-0.05, 0) is 48.6 Å². The van der Waals surface area contributed by atoms with Crippen LogP contribution in [-0.4, -0.2) is 50.5 Å². The van der Waals surface area contributed by atoms with E-state index in [1.807, 2.05) is 87.5 Å². The highest BCUT2D eigenvalue weighted by molar-refractivity contribution is 7.92. The average molecular weight is 536 g/mol. The van der Waals surface area contributed by atoms with Gasteiger partial charge in [0.05, 0.1) is 11.9 Å². The first kappa shape index (κ1) is 28.9. The van der Waals surface area contributed by atoms with Gasteiger partial charge in [0.1, 0.15) is 12.6 Å². The maximum Gasteiger partial charge on any atom is 0.244 e. The third-order valence-electron chi connectivity index (χ3n) is 6.54. The first-order valence-corrected chi connectivity index (χ1v) is 14.7. The standard InChI is InChI=1S/C30H37N3O4S/c1-5-25-17-12-13-19-27(25)33(38(4,36)37)22-29(34)32(21-26-18-11-10-14-23(26)3)28(30(35)31-6-2)20-24-15-8-7-9-16-24/h7-19,28H,5-6,20-22H2,1-4H3,(H,31,35)/t28-/m1/s1. The Bertz CT molecular complexity index is 1340. The second kappa shape index (κ2) is 13.2. The Morgan fingerprint density at radius 3 is 2.08 bits per heavy atom. The second-order valence-electron chi connectivity index (χ2n) is 9.30. The molecule has 1 atom stereocenters. The second-order valence-corrected chi connectivity index (χ2v) is 11.2. The van der Waals surface area contributed by atoms with Gasteiger partial charge in [-0.15, -0.1) is 0 Å². The van der Waals surface area contributed by atoms with Crippen LogP contribution < -0.4 is 9.62 Å². The van der Waals surface area contributed by atoms with Gasteiger partial charge < -0.3 is 10.2 Å². The van der Waals surface area contributed by atoms with Crippen LogP contribution in [-0.2, 0) is 39.0 Å². The van der Waals surface area contributed by atoms with E-state index in [-0.39, 0.29) is 12.5 Å². The Labute approximate surface area is 226 Å². The molecule has 202 valence electrons. The SMILES string of the molecule is CCNC(=O)[C@@H](Cc1ccccc1)N(Cc1ccccc1C)C(=O)CN(c1ccccc1CC)S(C)(=O)=O. The van der Waals surface area contributed by atoms with Gasteiger partial charge in [-0.3, -0.25) is 13.9 Å². The molecule has 0 aliphatic carbocycles. The number of likely N-dealkylation sites (N-methyl/N-ethyl adjacent to an activating group) is 1. The van der Waals surface area contributed by atoms with E-state index in [9.17, 15) is 18.0 Å². The van der Waals surface area contributed by atoms with Gasteiger partial charge in [-0.25, -0.2) is 8.42 Å². The predicted octanol–water partition coefficient (Wildman–Crippen LogP) is 4.10. The Morgan fingerprint density at radius 1 is 0.868 bits per heavy atom. The number of benzene rings is 3. The lowest BCUT2D eigenvalue weighted by Gasteiger charge is -2.34. The highest BCUT2D eigenvalue weighted by Crippen LogP contribution is 2.25. The summed E-state index contributed by atoms with van der Waals surface area (Å²) in [5.74, 6) is -0.727. The number of hydrogen-bond acceptors (Lipinski definition) is 4. The molecular weight excluding hydrogens is 498 g/mol. The summed E-state index contributed by atoms with van der Waals surface area (Å²) in [7, 11) is -3.79. The highest BCUT2D eigenvalue weighted by atomic mass is 32.2. The summed E-state index contributed by atoms with van der Waals surface area (Å²) in [6.07, 6.45) is 2.01. The molecule has 3 aromatic rings. The smallest absolute Gasteiger partial charge is 0.244 e. The van der Waals surface area contributed by atoms with Crippen LogP contribution in [0.3, 0.4) is 0 Å². The third-order valence-corrected chi connectivity index (χ3v) is 7.67. The zero-order valence-corrected chi connectivity index (χ0v) is 23.4. The van der Waals surface area contributed by atoms with Crippen molar-refractivity contribution in [1.82, 2.24) is 10.2 Å². The number of aryl methyl sites for hydroxylation is 2. The number of amides is 2. The van der Waals surface area contributed by atoms with Crippen LogP contribution in [0.15, 0.2) is 78.9 Å². The van der Waals surface area contributed by atoms with Crippen molar-refractivity contribution < 1.29 is 18.0 Å². The minimum absolute atomic E-state index is 0.174. The number of anilines is 1. The summed E-state index contributed by atoms with van der Waals surface area (Å²) in [4.78, 5) is 29.0. The van der Waals surface area contributed by atoms with Gasteiger partial charge in [-0.2, -0.15) is 0 Å². The molecule has 0 bridgehead atoms. The normalized spacial score (nSPS) is 12.0. The molecular formula is C30H37N3O4S. The molecule has 0 spiro atoms. The maximum atomic E-state index is 14.1. The molecule has 0 radical (unpaired) electrons. The molecule has 2 amide bonds. The van der Waals surface area contributed by atoms with E-state index in [1.54, 1.807) is 12.1 Å². The molecule has 3 aromatic carbocycles. The first-order chi connectivity index (χ1) is 18.2. The monoisotopic (exact) mass is 535 g/mol. The fourth-order valence-electron chi connectivity index (χ4n) is 4.46. The summed E-state index contributed by atoms with van der Waals surface area (Å²) in [5, 5.41) is 2.87. The average Bonchev–Trinajstić information content (AvgIpc) is 2.90. The zero-order valence-electron chi connectivity index (χ0n) is 22.6. The van der Waals surface area contributed by atoms with Crippen LogP contribution in [0.25, 0.3) is 0 Å². The molecule has 7 nitrogen and oxygen atoms in total. The van der Waals surface area contributed by atoms with Crippen LogP contribution >= 0.6 is 0 Å². The Hall–Kier alpha value is -3.65. The number of carbonyl (C=O) groups is 2. The molecule has 1 N–H and O–H groups in total. The number of para-hydroxylation sites is 1. The molecule has 0 unspecified atom stereocenters. The van der Waals surface area contributed by atoms with Gasteiger partial charge in [0, 0.05) is 19.5 Å². The maximum absolute atomic E-state index is 14.1. The van der Waals surface area contributed by atoms with Crippen molar-refractivity contribution in [2.45, 2.75) is 46.2 Å².